The van der Waals surface area contributed by atoms with Gasteiger partial charge in [0.15, 0.2) is 0 Å². The summed E-state index contributed by atoms with van der Waals surface area (Å²) in [6.45, 7) is 2.76. The summed E-state index contributed by atoms with van der Waals surface area (Å²) in [7, 11) is 0. The molecule has 0 saturated carbocycles. The fourth-order valence-corrected chi connectivity index (χ4v) is 2.46. The molecule has 0 bridgehead atoms. The van der Waals surface area contributed by atoms with E-state index < -0.39 is 5.91 Å². The van der Waals surface area contributed by atoms with Crippen LogP contribution in [-0.4, -0.2) is 15.9 Å². The van der Waals surface area contributed by atoms with Crippen LogP contribution in [-0.2, 0) is 13.1 Å². The number of anilines is 1. The Hall–Kier alpha value is -3.28. The van der Waals surface area contributed by atoms with Crippen LogP contribution in [0.1, 0.15) is 27.2 Å². The van der Waals surface area contributed by atoms with Crippen LogP contribution in [0.15, 0.2) is 60.9 Å². The van der Waals surface area contributed by atoms with E-state index in [1.807, 2.05) is 25.1 Å². The van der Waals surface area contributed by atoms with Crippen molar-refractivity contribution in [2.75, 3.05) is 5.32 Å². The molecule has 3 rings (SSSR count). The molecule has 132 valence electrons. The molecule has 6 heteroatoms. The largest absolute Gasteiger partial charge is 0.365 e. The highest BCUT2D eigenvalue weighted by atomic mass is 19.1. The summed E-state index contributed by atoms with van der Waals surface area (Å²) in [4.78, 5) is 20.4. The minimum absolute atomic E-state index is 0.0978. The zero-order valence-electron chi connectivity index (χ0n) is 14.4. The van der Waals surface area contributed by atoms with Crippen molar-refractivity contribution in [3.05, 3.63) is 89.1 Å². The van der Waals surface area contributed by atoms with Gasteiger partial charge in [0, 0.05) is 18.7 Å². The zero-order chi connectivity index (χ0) is 18.4. The Morgan fingerprint density at radius 3 is 2.62 bits per heavy atom. The van der Waals surface area contributed by atoms with Crippen LogP contribution in [0.25, 0.3) is 0 Å². The lowest BCUT2D eigenvalue weighted by molar-refractivity contribution is 0.0945. The number of aryl methyl sites for hydroxylation is 1. The van der Waals surface area contributed by atoms with Crippen molar-refractivity contribution in [2.45, 2.75) is 20.0 Å². The highest BCUT2D eigenvalue weighted by Crippen LogP contribution is 2.09. The topological polar surface area (TPSA) is 66.9 Å². The number of nitrogens with one attached hydrogen (secondary N) is 2. The molecule has 3 aromatic rings. The maximum atomic E-state index is 13.6. The van der Waals surface area contributed by atoms with Crippen LogP contribution in [0.5, 0.6) is 0 Å². The number of aromatic nitrogens is 2. The summed E-state index contributed by atoms with van der Waals surface area (Å²) < 4.78 is 13.6. The molecule has 26 heavy (non-hydrogen) atoms. The van der Waals surface area contributed by atoms with Gasteiger partial charge in [0.25, 0.3) is 5.91 Å². The minimum atomic E-state index is -0.397. The maximum absolute atomic E-state index is 13.6. The Morgan fingerprint density at radius 1 is 1.04 bits per heavy atom. The number of hydrogen-bond acceptors (Lipinski definition) is 4. The predicted octanol–water partition coefficient (Wildman–Crippen LogP) is 3.47. The lowest BCUT2D eigenvalue weighted by Crippen LogP contribution is -2.24. The molecule has 1 heterocycles. The molecule has 0 aliphatic heterocycles. The molecule has 0 radical (unpaired) electrons. The molecule has 1 amide bonds. The minimum Gasteiger partial charge on any atom is -0.365 e. The first-order valence-electron chi connectivity index (χ1n) is 8.25. The van der Waals surface area contributed by atoms with E-state index in [-0.39, 0.29) is 18.1 Å². The van der Waals surface area contributed by atoms with Gasteiger partial charge in [-0.3, -0.25) is 4.79 Å². The number of carbonyl (C=O) groups is 1. The van der Waals surface area contributed by atoms with Crippen LogP contribution in [0.2, 0.25) is 0 Å². The van der Waals surface area contributed by atoms with Gasteiger partial charge in [-0.05, 0) is 18.6 Å². The van der Waals surface area contributed by atoms with E-state index >= 15 is 0 Å². The second-order valence-electron chi connectivity index (χ2n) is 5.90. The zero-order valence-corrected chi connectivity index (χ0v) is 14.4. The average molecular weight is 350 g/mol. The van der Waals surface area contributed by atoms with Gasteiger partial charge in [-0.1, -0.05) is 48.0 Å². The SMILES string of the molecule is Cc1cccc(CNc2cnc(C(=O)NCc3ccccc3F)cn2)c1. The van der Waals surface area contributed by atoms with Gasteiger partial charge in [-0.25, -0.2) is 14.4 Å². The molecule has 5 nitrogen and oxygen atoms in total. The fraction of sp³-hybridized carbons (Fsp3) is 0.150. The average Bonchev–Trinajstić information content (AvgIpc) is 2.66. The fourth-order valence-electron chi connectivity index (χ4n) is 2.46. The van der Waals surface area contributed by atoms with Gasteiger partial charge in [0.05, 0.1) is 12.4 Å². The molecule has 0 aliphatic rings. The number of carbonyl (C=O) groups excluding carboxylic acids is 1. The summed E-state index contributed by atoms with van der Waals surface area (Å²) in [5.74, 6) is -0.169. The smallest absolute Gasteiger partial charge is 0.271 e. The summed E-state index contributed by atoms with van der Waals surface area (Å²) >= 11 is 0. The third kappa shape index (κ3) is 4.63. The van der Waals surface area contributed by atoms with E-state index in [2.05, 4.69) is 26.7 Å². The molecule has 1 aromatic heterocycles. The lowest BCUT2D eigenvalue weighted by atomic mass is 10.1. The van der Waals surface area contributed by atoms with E-state index in [0.29, 0.717) is 17.9 Å². The molecular formula is C20H19FN4O. The van der Waals surface area contributed by atoms with Crippen LogP contribution < -0.4 is 10.6 Å². The van der Waals surface area contributed by atoms with E-state index in [1.165, 1.54) is 24.0 Å². The monoisotopic (exact) mass is 350 g/mol. The van der Waals surface area contributed by atoms with Gasteiger partial charge in [0.1, 0.15) is 17.3 Å². The van der Waals surface area contributed by atoms with E-state index in [9.17, 15) is 9.18 Å². The first-order chi connectivity index (χ1) is 12.6. The van der Waals surface area contributed by atoms with Gasteiger partial charge < -0.3 is 10.6 Å². The third-order valence-corrected chi connectivity index (χ3v) is 3.84. The number of amides is 1. The van der Waals surface area contributed by atoms with Crippen LogP contribution in [0.3, 0.4) is 0 Å². The van der Waals surface area contributed by atoms with Crippen molar-refractivity contribution in [3.63, 3.8) is 0 Å². The molecular weight excluding hydrogens is 331 g/mol. The number of rotatable bonds is 6. The maximum Gasteiger partial charge on any atom is 0.271 e. The van der Waals surface area contributed by atoms with Crippen molar-refractivity contribution in [1.29, 1.82) is 0 Å². The normalized spacial score (nSPS) is 10.4. The quantitative estimate of drug-likeness (QED) is 0.714. The van der Waals surface area contributed by atoms with Gasteiger partial charge in [0.2, 0.25) is 0 Å². The van der Waals surface area contributed by atoms with Crippen molar-refractivity contribution in [2.24, 2.45) is 0 Å². The summed E-state index contributed by atoms with van der Waals surface area (Å²) in [5, 5.41) is 5.80. The second-order valence-corrected chi connectivity index (χ2v) is 5.90. The van der Waals surface area contributed by atoms with Gasteiger partial charge in [-0.15, -0.1) is 0 Å². The summed E-state index contributed by atoms with van der Waals surface area (Å²) in [6, 6.07) is 14.5. The number of nitrogens with zero attached hydrogens (tertiary/aromatic N) is 2. The lowest BCUT2D eigenvalue weighted by Gasteiger charge is -2.08. The van der Waals surface area contributed by atoms with Crippen molar-refractivity contribution in [1.82, 2.24) is 15.3 Å². The van der Waals surface area contributed by atoms with Crippen molar-refractivity contribution in [3.8, 4) is 0 Å². The molecule has 0 spiro atoms. The van der Waals surface area contributed by atoms with E-state index in [0.717, 1.165) is 5.56 Å². The molecule has 0 fully saturated rings. The van der Waals surface area contributed by atoms with Crippen LogP contribution in [0, 0.1) is 12.7 Å². The van der Waals surface area contributed by atoms with Gasteiger partial charge in [-0.2, -0.15) is 0 Å². The van der Waals surface area contributed by atoms with E-state index in [4.69, 9.17) is 0 Å². The Morgan fingerprint density at radius 2 is 1.88 bits per heavy atom. The third-order valence-electron chi connectivity index (χ3n) is 3.84. The van der Waals surface area contributed by atoms with E-state index in [1.54, 1.807) is 18.2 Å². The van der Waals surface area contributed by atoms with Crippen molar-refractivity contribution >= 4 is 11.7 Å². The Kier molecular flexibility index (Phi) is 5.53. The number of halogens is 1. The Labute approximate surface area is 151 Å². The predicted molar refractivity (Wildman–Crippen MR) is 98.1 cm³/mol. The highest BCUT2D eigenvalue weighted by molar-refractivity contribution is 5.91. The number of benzene rings is 2. The molecule has 0 unspecified atom stereocenters. The van der Waals surface area contributed by atoms with Crippen molar-refractivity contribution < 1.29 is 9.18 Å². The standard InChI is InChI=1S/C20H19FN4O/c1-14-5-4-6-15(9-14)10-23-19-13-22-18(12-24-19)20(26)25-11-16-7-2-3-8-17(16)21/h2-9,12-13H,10-11H2,1H3,(H,23,24)(H,25,26). The molecule has 0 aliphatic carbocycles. The first-order valence-corrected chi connectivity index (χ1v) is 8.25. The molecule has 0 saturated heterocycles. The Balaban J connectivity index is 1.55. The van der Waals surface area contributed by atoms with Gasteiger partial charge >= 0.3 is 0 Å². The molecule has 2 N–H and O–H groups in total. The Bertz CT molecular complexity index is 896. The number of hydrogen-bond donors (Lipinski definition) is 2. The first kappa shape index (κ1) is 17.5. The molecule has 0 atom stereocenters. The van der Waals surface area contributed by atoms with Crippen LogP contribution >= 0.6 is 0 Å². The second kappa shape index (κ2) is 8.20. The summed E-state index contributed by atoms with van der Waals surface area (Å²) in [6.07, 6.45) is 2.91. The highest BCUT2D eigenvalue weighted by Gasteiger charge is 2.09. The van der Waals surface area contributed by atoms with Crippen LogP contribution in [0.4, 0.5) is 10.2 Å². The molecule has 2 aromatic carbocycles. The summed E-state index contributed by atoms with van der Waals surface area (Å²) in [5.41, 5.74) is 2.93.